The van der Waals surface area contributed by atoms with Crippen LogP contribution in [0.4, 0.5) is 23.1 Å². The Hall–Kier alpha value is -3.90. The summed E-state index contributed by atoms with van der Waals surface area (Å²) >= 11 is 3.58. The molecule has 0 radical (unpaired) electrons. The molecule has 1 aliphatic heterocycles. The molecule has 0 aliphatic carbocycles. The van der Waals surface area contributed by atoms with Crippen LogP contribution in [0.3, 0.4) is 0 Å². The SMILES string of the molecule is COc1cc(C2CNCCO2)c(-c2cnn(C)c2)cc1Nc1ncc(Br)c(Nc2cc(C)c3nccnc3c2P(C)(C)=O)n1. The molecule has 0 spiro atoms. The van der Waals surface area contributed by atoms with Crippen molar-refractivity contribution in [2.75, 3.05) is 50.8 Å². The Morgan fingerprint density at radius 2 is 1.89 bits per heavy atom. The monoisotopic (exact) mass is 677 g/mol. The van der Waals surface area contributed by atoms with E-state index in [2.05, 4.69) is 51.9 Å². The number of rotatable bonds is 8. The van der Waals surface area contributed by atoms with E-state index >= 15 is 0 Å². The summed E-state index contributed by atoms with van der Waals surface area (Å²) in [4.78, 5) is 18.3. The number of hydrogen-bond acceptors (Lipinski definition) is 11. The van der Waals surface area contributed by atoms with E-state index in [0.717, 1.165) is 34.3 Å². The van der Waals surface area contributed by atoms with Crippen molar-refractivity contribution in [3.63, 3.8) is 0 Å². The Morgan fingerprint density at radius 1 is 1.09 bits per heavy atom. The van der Waals surface area contributed by atoms with Gasteiger partial charge in [0.15, 0.2) is 0 Å². The standard InChI is InChI=1S/C30H33BrN9O3P/c1-17-10-23(28(44(4,5)41)27-26(17)33-6-7-34-27)37-29-21(31)14-35-30(39-29)38-22-11-19(18-13-36-40(2)16-18)20(12-24(22)42-3)25-15-32-8-9-43-25/h6-7,10-14,16,25,32H,8-9,15H2,1-5H3,(H2,35,37,38,39). The first-order valence-electron chi connectivity index (χ1n) is 14.0. The van der Waals surface area contributed by atoms with Crippen LogP contribution in [0, 0.1) is 6.92 Å². The summed E-state index contributed by atoms with van der Waals surface area (Å²) in [6, 6.07) is 5.93. The number of ether oxygens (including phenoxy) is 2. The van der Waals surface area contributed by atoms with Crippen molar-refractivity contribution in [2.24, 2.45) is 7.05 Å². The van der Waals surface area contributed by atoms with Crippen LogP contribution >= 0.6 is 23.1 Å². The third-order valence-corrected chi connectivity index (χ3v) is 9.47. The molecule has 1 unspecified atom stereocenters. The fourth-order valence-electron chi connectivity index (χ4n) is 5.39. The van der Waals surface area contributed by atoms with Crippen molar-refractivity contribution in [3.8, 4) is 16.9 Å². The molecule has 1 fully saturated rings. The van der Waals surface area contributed by atoms with Crippen LogP contribution in [-0.2, 0) is 16.3 Å². The van der Waals surface area contributed by atoms with Crippen LogP contribution in [0.15, 0.2) is 53.7 Å². The number of halogens is 1. The summed E-state index contributed by atoms with van der Waals surface area (Å²) in [5.41, 5.74) is 6.47. The van der Waals surface area contributed by atoms with Gasteiger partial charge in [-0.1, -0.05) is 0 Å². The number of hydrogen-bond donors (Lipinski definition) is 3. The topological polar surface area (TPSA) is 141 Å². The molecule has 6 rings (SSSR count). The van der Waals surface area contributed by atoms with E-state index in [1.54, 1.807) is 43.7 Å². The predicted molar refractivity (Wildman–Crippen MR) is 176 cm³/mol. The molecule has 5 aromatic rings. The number of benzene rings is 2. The first-order chi connectivity index (χ1) is 21.1. The van der Waals surface area contributed by atoms with Gasteiger partial charge in [-0.15, -0.1) is 0 Å². The van der Waals surface area contributed by atoms with Crippen LogP contribution in [0.25, 0.3) is 22.2 Å². The van der Waals surface area contributed by atoms with Gasteiger partial charge < -0.3 is 30.0 Å². The number of anilines is 4. The molecule has 1 saturated heterocycles. The van der Waals surface area contributed by atoms with Crippen molar-refractivity contribution < 1.29 is 14.0 Å². The van der Waals surface area contributed by atoms with Crippen LogP contribution in [0.1, 0.15) is 17.2 Å². The molecular weight excluding hydrogens is 645 g/mol. The van der Waals surface area contributed by atoms with E-state index < -0.39 is 7.14 Å². The molecule has 3 N–H and O–H groups in total. The van der Waals surface area contributed by atoms with Gasteiger partial charge in [-0.2, -0.15) is 10.1 Å². The number of nitrogens with zero attached hydrogens (tertiary/aromatic N) is 6. The summed E-state index contributed by atoms with van der Waals surface area (Å²) in [7, 11) is 0.740. The van der Waals surface area contributed by atoms with E-state index in [4.69, 9.17) is 14.5 Å². The highest BCUT2D eigenvalue weighted by atomic mass is 79.9. The van der Waals surface area contributed by atoms with Gasteiger partial charge in [0, 0.05) is 50.5 Å². The first kappa shape index (κ1) is 30.1. The van der Waals surface area contributed by atoms with E-state index in [0.29, 0.717) is 57.3 Å². The fraction of sp³-hybridized carbons (Fsp3) is 0.300. The molecule has 1 atom stereocenters. The van der Waals surface area contributed by atoms with Crippen molar-refractivity contribution in [1.29, 1.82) is 0 Å². The zero-order valence-electron chi connectivity index (χ0n) is 25.1. The minimum absolute atomic E-state index is 0.140. The molecule has 12 nitrogen and oxygen atoms in total. The number of nitrogens with one attached hydrogen (secondary N) is 3. The Kier molecular flexibility index (Phi) is 8.38. The molecule has 0 amide bonds. The van der Waals surface area contributed by atoms with E-state index in [-0.39, 0.29) is 6.10 Å². The lowest BCUT2D eigenvalue weighted by Crippen LogP contribution is -2.33. The van der Waals surface area contributed by atoms with Crippen molar-refractivity contribution >= 4 is 62.6 Å². The summed E-state index contributed by atoms with van der Waals surface area (Å²) in [5, 5.41) is 15.1. The lowest BCUT2D eigenvalue weighted by Gasteiger charge is -2.27. The normalized spacial score (nSPS) is 15.4. The molecule has 0 bridgehead atoms. The Balaban J connectivity index is 1.40. The molecule has 228 valence electrons. The van der Waals surface area contributed by atoms with Crippen molar-refractivity contribution in [1.82, 2.24) is 35.0 Å². The number of fused-ring (bicyclic) bond motifs is 1. The lowest BCUT2D eigenvalue weighted by atomic mass is 9.96. The first-order valence-corrected chi connectivity index (χ1v) is 17.4. The molecule has 2 aromatic carbocycles. The Labute approximate surface area is 263 Å². The van der Waals surface area contributed by atoms with Gasteiger partial charge >= 0.3 is 0 Å². The molecule has 44 heavy (non-hydrogen) atoms. The maximum Gasteiger partial charge on any atom is 0.229 e. The number of morpholine rings is 1. The van der Waals surface area contributed by atoms with E-state index in [1.807, 2.05) is 44.6 Å². The maximum atomic E-state index is 13.5. The quantitative estimate of drug-likeness (QED) is 0.184. The molecule has 4 heterocycles. The minimum Gasteiger partial charge on any atom is -0.495 e. The van der Waals surface area contributed by atoms with Crippen molar-refractivity contribution in [2.45, 2.75) is 13.0 Å². The zero-order chi connectivity index (χ0) is 31.0. The van der Waals surface area contributed by atoms with Gasteiger partial charge in [0.1, 0.15) is 24.2 Å². The highest BCUT2D eigenvalue weighted by Gasteiger charge is 2.25. The maximum absolute atomic E-state index is 13.5. The van der Waals surface area contributed by atoms with Crippen LogP contribution < -0.4 is 26.0 Å². The van der Waals surface area contributed by atoms with Crippen molar-refractivity contribution in [3.05, 3.63) is 64.8 Å². The Morgan fingerprint density at radius 3 is 2.57 bits per heavy atom. The van der Waals surface area contributed by atoms with Gasteiger partial charge in [-0.3, -0.25) is 14.6 Å². The molecular formula is C30H33BrN9O3P. The summed E-state index contributed by atoms with van der Waals surface area (Å²) in [5.74, 6) is 1.45. The average molecular weight is 679 g/mol. The van der Waals surface area contributed by atoms with Gasteiger partial charge in [0.25, 0.3) is 0 Å². The second-order valence-corrected chi connectivity index (χ2v) is 14.9. The fourth-order valence-corrected chi connectivity index (χ4v) is 7.05. The number of aryl methyl sites for hydroxylation is 2. The third-order valence-electron chi connectivity index (χ3n) is 7.36. The average Bonchev–Trinajstić information content (AvgIpc) is 3.44. The predicted octanol–water partition coefficient (Wildman–Crippen LogP) is 5.30. The zero-order valence-corrected chi connectivity index (χ0v) is 27.5. The summed E-state index contributed by atoms with van der Waals surface area (Å²) in [6.07, 6.45) is 8.57. The molecule has 0 saturated carbocycles. The minimum atomic E-state index is -2.78. The smallest absolute Gasteiger partial charge is 0.229 e. The molecule has 3 aromatic heterocycles. The van der Waals surface area contributed by atoms with Gasteiger partial charge in [0.05, 0.1) is 52.7 Å². The third kappa shape index (κ3) is 6.05. The number of aromatic nitrogens is 6. The van der Waals surface area contributed by atoms with Crippen LogP contribution in [-0.4, -0.2) is 69.9 Å². The van der Waals surface area contributed by atoms with Crippen LogP contribution in [0.2, 0.25) is 0 Å². The number of methoxy groups -OCH3 is 1. The molecule has 14 heteroatoms. The lowest BCUT2D eigenvalue weighted by molar-refractivity contribution is 0.0279. The summed E-state index contributed by atoms with van der Waals surface area (Å²) < 4.78 is 27.8. The van der Waals surface area contributed by atoms with E-state index in [1.165, 1.54) is 0 Å². The van der Waals surface area contributed by atoms with Crippen LogP contribution in [0.5, 0.6) is 5.75 Å². The summed E-state index contributed by atoms with van der Waals surface area (Å²) in [6.45, 7) is 7.53. The largest absolute Gasteiger partial charge is 0.495 e. The van der Waals surface area contributed by atoms with E-state index in [9.17, 15) is 4.57 Å². The molecule has 1 aliphatic rings. The van der Waals surface area contributed by atoms with Gasteiger partial charge in [0.2, 0.25) is 5.95 Å². The van der Waals surface area contributed by atoms with Gasteiger partial charge in [-0.05, 0) is 71.1 Å². The highest BCUT2D eigenvalue weighted by molar-refractivity contribution is 9.10. The second-order valence-electron chi connectivity index (χ2n) is 10.9. The second kappa shape index (κ2) is 12.2. The highest BCUT2D eigenvalue weighted by Crippen LogP contribution is 2.43. The van der Waals surface area contributed by atoms with Gasteiger partial charge in [-0.25, -0.2) is 4.98 Å². The Bertz CT molecular complexity index is 1900.